The first-order chi connectivity index (χ1) is 42.4. The number of aliphatic hydroxyl groups is 1. The lowest BCUT2D eigenvalue weighted by Gasteiger charge is -2.41. The van der Waals surface area contributed by atoms with Gasteiger partial charge in [0.25, 0.3) is 0 Å². The van der Waals surface area contributed by atoms with E-state index in [-0.39, 0.29) is 81.7 Å². The number of aliphatic hydroxyl groups excluding tert-OH is 1. The molecule has 0 radical (unpaired) electrons. The fourth-order valence-corrected chi connectivity index (χ4v) is 11.4. The van der Waals surface area contributed by atoms with E-state index in [4.69, 9.17) is 0 Å². The molecule has 2 unspecified atom stereocenters. The number of nitrogens with zero attached hydrogens (tertiary/aromatic N) is 8. The molecule has 1 heterocycles. The smallest absolute Gasteiger partial charge is 0.305 e. The summed E-state index contributed by atoms with van der Waals surface area (Å²) in [5, 5.41) is 32.6. The van der Waals surface area contributed by atoms with Crippen LogP contribution in [0, 0.1) is 41.4 Å². The monoisotopic (exact) mass is 1300 g/mol. The molecule has 27 nitrogen and oxygen atoms in total. The Labute approximate surface area is 547 Å². The molecule has 12 amide bonds. The number of nitrogens with one attached hydrogen (secondary N) is 4. The van der Waals surface area contributed by atoms with Gasteiger partial charge in [0.2, 0.25) is 70.9 Å². The molecule has 92 heavy (non-hydrogen) atoms. The van der Waals surface area contributed by atoms with Crippen molar-refractivity contribution < 1.29 is 72.5 Å². The lowest BCUT2D eigenvalue weighted by atomic mass is 9.91. The summed E-state index contributed by atoms with van der Waals surface area (Å²) in [4.78, 5) is 195. The van der Waals surface area contributed by atoms with E-state index in [0.29, 0.717) is 0 Å². The number of aliphatic carboxylic acids is 1. The Morgan fingerprint density at radius 2 is 0.913 bits per heavy atom. The Hall–Kier alpha value is -6.93. The standard InChI is InChI=1S/C65H116N12O15/c1-25-45-61(88)70(18)34-50(79)71(19)46(30-35(2)3)58(85)69-52(39(10)11)64(91)72(20)47(31-36(4)5)57(84)66-42(15)56(83)67-43(16)60(87)73(21)48(32-37(6)7)62(89)74(22)49(33-38(8)9)63(90)75(23)53(40(12)13)65(92)76(24)54(59(86)68-45)55(82)41(14)26-28-77(44(17)78)29-27-51(80)81/h35-43,45-49,52-55,82H,25-34H2,1-24H3,(H,66,84)(H,67,83)(H,68,86)(H,69,85)(H,80,81)/t41-,42+,43+,45+,46+,47+,48?,49+,52+,53+,54?,55-/m0/s1. The highest BCUT2D eigenvalue weighted by Crippen LogP contribution is 2.26. The second-order valence-electron chi connectivity index (χ2n) is 27.7. The molecule has 0 aromatic carbocycles. The Morgan fingerprint density at radius 1 is 0.489 bits per heavy atom. The van der Waals surface area contributed by atoms with Crippen molar-refractivity contribution in [3.05, 3.63) is 0 Å². The van der Waals surface area contributed by atoms with Gasteiger partial charge in [-0.3, -0.25) is 62.3 Å². The molecule has 1 aliphatic heterocycles. The van der Waals surface area contributed by atoms with E-state index in [1.807, 2.05) is 55.4 Å². The van der Waals surface area contributed by atoms with Gasteiger partial charge in [-0.15, -0.1) is 0 Å². The Bertz CT molecular complexity index is 2560. The predicted octanol–water partition coefficient (Wildman–Crippen LogP) is 2.02. The quantitative estimate of drug-likeness (QED) is 0.108. The van der Waals surface area contributed by atoms with Crippen LogP contribution >= 0.6 is 0 Å². The van der Waals surface area contributed by atoms with Gasteiger partial charge in [-0.2, -0.15) is 0 Å². The number of likely N-dealkylation sites (N-methyl/N-ethyl adjacent to an activating group) is 7. The highest BCUT2D eigenvalue weighted by atomic mass is 16.4. The van der Waals surface area contributed by atoms with Crippen molar-refractivity contribution in [1.29, 1.82) is 0 Å². The normalized spacial score (nSPS) is 25.6. The first kappa shape index (κ1) is 83.1. The lowest BCUT2D eigenvalue weighted by Crippen LogP contribution is -2.63. The minimum Gasteiger partial charge on any atom is -0.481 e. The molecular formula is C65H116N12O15. The van der Waals surface area contributed by atoms with E-state index in [1.165, 1.54) is 99.5 Å². The summed E-state index contributed by atoms with van der Waals surface area (Å²) in [6.07, 6.45) is -1.69. The van der Waals surface area contributed by atoms with Crippen LogP contribution < -0.4 is 21.3 Å². The summed E-state index contributed by atoms with van der Waals surface area (Å²) in [6, 6.07) is -13.0. The summed E-state index contributed by atoms with van der Waals surface area (Å²) in [6.45, 7) is 27.9. The molecule has 0 saturated carbocycles. The molecule has 0 spiro atoms. The van der Waals surface area contributed by atoms with Gasteiger partial charge >= 0.3 is 5.97 Å². The maximum Gasteiger partial charge on any atom is 0.305 e. The van der Waals surface area contributed by atoms with E-state index in [1.54, 1.807) is 41.5 Å². The van der Waals surface area contributed by atoms with Crippen LogP contribution in [0.15, 0.2) is 0 Å². The molecule has 0 bridgehead atoms. The second kappa shape index (κ2) is 37.7. The third-order valence-corrected chi connectivity index (χ3v) is 17.2. The highest BCUT2D eigenvalue weighted by molar-refractivity contribution is 5.99. The van der Waals surface area contributed by atoms with E-state index < -0.39 is 168 Å². The zero-order chi connectivity index (χ0) is 71.4. The maximum absolute atomic E-state index is 15.3. The second-order valence-corrected chi connectivity index (χ2v) is 27.7. The Morgan fingerprint density at radius 3 is 1.36 bits per heavy atom. The molecule has 1 fully saturated rings. The lowest BCUT2D eigenvalue weighted by molar-refractivity contribution is -0.157. The van der Waals surface area contributed by atoms with Crippen molar-refractivity contribution in [2.45, 2.75) is 229 Å². The van der Waals surface area contributed by atoms with E-state index in [9.17, 15) is 53.4 Å². The van der Waals surface area contributed by atoms with Crippen LogP contribution in [0.2, 0.25) is 0 Å². The van der Waals surface area contributed by atoms with Gasteiger partial charge in [-0.05, 0) is 93.8 Å². The van der Waals surface area contributed by atoms with Gasteiger partial charge < -0.3 is 70.7 Å². The summed E-state index contributed by atoms with van der Waals surface area (Å²) in [5.41, 5.74) is 0. The minimum atomic E-state index is -1.80. The van der Waals surface area contributed by atoms with Crippen LogP contribution in [0.1, 0.15) is 163 Å². The molecule has 12 atom stereocenters. The van der Waals surface area contributed by atoms with Gasteiger partial charge in [0, 0.05) is 69.3 Å². The zero-order valence-electron chi connectivity index (χ0n) is 59.7. The van der Waals surface area contributed by atoms with Crippen LogP contribution in [0.5, 0.6) is 0 Å². The fraction of sp³-hybridized carbons (Fsp3) is 0.800. The largest absolute Gasteiger partial charge is 0.481 e. The molecule has 1 aliphatic rings. The number of amides is 12. The number of carbonyl (C=O) groups is 13. The van der Waals surface area contributed by atoms with Crippen LogP contribution in [-0.2, 0) is 62.3 Å². The van der Waals surface area contributed by atoms with Crippen molar-refractivity contribution in [2.75, 3.05) is 69.0 Å². The number of hydrogen-bond donors (Lipinski definition) is 6. The van der Waals surface area contributed by atoms with Crippen molar-refractivity contribution in [3.8, 4) is 0 Å². The molecule has 27 heteroatoms. The van der Waals surface area contributed by atoms with Gasteiger partial charge in [-0.1, -0.05) is 96.9 Å². The van der Waals surface area contributed by atoms with Gasteiger partial charge in [0.05, 0.1) is 19.1 Å². The number of rotatable bonds is 19. The summed E-state index contributed by atoms with van der Waals surface area (Å²) in [5.74, 6) is -12.5. The number of carbonyl (C=O) groups excluding carboxylic acids is 12. The fourth-order valence-electron chi connectivity index (χ4n) is 11.4. The van der Waals surface area contributed by atoms with Crippen molar-refractivity contribution in [3.63, 3.8) is 0 Å². The van der Waals surface area contributed by atoms with Crippen LogP contribution in [0.4, 0.5) is 0 Å². The number of carboxylic acids is 1. The zero-order valence-corrected chi connectivity index (χ0v) is 59.7. The number of carboxylic acid groups (broad SMARTS) is 1. The van der Waals surface area contributed by atoms with Crippen molar-refractivity contribution in [1.82, 2.24) is 60.5 Å². The van der Waals surface area contributed by atoms with Crippen molar-refractivity contribution in [2.24, 2.45) is 41.4 Å². The maximum atomic E-state index is 15.3. The average molecular weight is 1310 g/mol. The van der Waals surface area contributed by atoms with Crippen LogP contribution in [-0.4, -0.2) is 262 Å². The average Bonchev–Trinajstić information content (AvgIpc) is 0.843. The Balaban J connectivity index is 4.40. The molecule has 0 aliphatic carbocycles. The predicted molar refractivity (Wildman–Crippen MR) is 348 cm³/mol. The molecule has 6 N–H and O–H groups in total. The molecule has 526 valence electrons. The minimum absolute atomic E-state index is 0.00776. The van der Waals surface area contributed by atoms with Crippen LogP contribution in [0.25, 0.3) is 0 Å². The van der Waals surface area contributed by atoms with E-state index in [0.717, 1.165) is 9.80 Å². The molecule has 0 aromatic rings. The molecule has 1 rings (SSSR count). The third-order valence-electron chi connectivity index (χ3n) is 17.2. The van der Waals surface area contributed by atoms with E-state index >= 15 is 19.2 Å². The Kier molecular flexibility index (Phi) is 34.0. The molecule has 0 aromatic heterocycles. The molecule has 1 saturated heterocycles. The number of hydrogen-bond acceptors (Lipinski definition) is 14. The van der Waals surface area contributed by atoms with Gasteiger partial charge in [0.15, 0.2) is 0 Å². The van der Waals surface area contributed by atoms with Crippen LogP contribution in [0.3, 0.4) is 0 Å². The topological polar surface area (TPSA) is 336 Å². The van der Waals surface area contributed by atoms with E-state index in [2.05, 4.69) is 21.3 Å². The molecular weight excluding hydrogens is 1190 g/mol. The third kappa shape index (κ3) is 23.9. The first-order valence-electron chi connectivity index (χ1n) is 32.6. The SMILES string of the molecule is CC[C@H]1NC(=O)C([C@@H](O)[C@@H](C)CCN(CCC(=O)O)C(C)=O)N(C)C(=O)[C@@H](C(C)C)N(C)C(=O)[C@@H](CC(C)C)N(C)C(=O)C(CC(C)C)N(C)C(=O)[C@@H](C)NC(=O)[C@@H](C)NC(=O)[C@@H](CC(C)C)N(C)C(=O)[C@@H](C(C)C)NC(=O)[C@@H](CC(C)C)N(C)C(=O)CN(C)C1=O. The summed E-state index contributed by atoms with van der Waals surface area (Å²) >= 11 is 0. The summed E-state index contributed by atoms with van der Waals surface area (Å²) < 4.78 is 0. The van der Waals surface area contributed by atoms with Gasteiger partial charge in [0.1, 0.15) is 60.4 Å². The first-order valence-corrected chi connectivity index (χ1v) is 32.6. The highest BCUT2D eigenvalue weighted by Gasteiger charge is 2.46. The van der Waals surface area contributed by atoms with Crippen molar-refractivity contribution >= 4 is 76.9 Å². The summed E-state index contributed by atoms with van der Waals surface area (Å²) in [7, 11) is 9.61. The van der Waals surface area contributed by atoms with Gasteiger partial charge in [-0.25, -0.2) is 0 Å².